The highest BCUT2D eigenvalue weighted by Crippen LogP contribution is 2.31. The molecule has 6 nitrogen and oxygen atoms in total. The smallest absolute Gasteiger partial charge is 0.304 e. The Bertz CT molecular complexity index is 584. The number of benzene rings is 1. The maximum Gasteiger partial charge on any atom is 0.304 e. The molecule has 1 heterocycles. The van der Waals surface area contributed by atoms with Crippen molar-refractivity contribution in [1.29, 1.82) is 0 Å². The van der Waals surface area contributed by atoms with Crippen molar-refractivity contribution in [3.8, 4) is 0 Å². The fourth-order valence-electron chi connectivity index (χ4n) is 2.70. The SMILES string of the molecule is CC(=O)O[C@@H]1[C@@H]([C@@H](C)O)C(=O)N1C(=O)CCCc1ccccc1. The van der Waals surface area contributed by atoms with E-state index in [0.29, 0.717) is 6.42 Å². The van der Waals surface area contributed by atoms with Gasteiger partial charge in [0.05, 0.1) is 6.10 Å². The highest BCUT2D eigenvalue weighted by Gasteiger charge is 2.54. The molecule has 0 aliphatic carbocycles. The first-order valence-corrected chi connectivity index (χ1v) is 7.67. The first-order valence-electron chi connectivity index (χ1n) is 7.67. The molecule has 2 rings (SSSR count). The quantitative estimate of drug-likeness (QED) is 0.630. The molecule has 1 aromatic rings. The second-order valence-electron chi connectivity index (χ2n) is 5.71. The van der Waals surface area contributed by atoms with Gasteiger partial charge in [0.15, 0.2) is 6.23 Å². The zero-order valence-corrected chi connectivity index (χ0v) is 13.3. The van der Waals surface area contributed by atoms with Crippen LogP contribution in [0.3, 0.4) is 0 Å². The normalized spacial score (nSPS) is 21.5. The van der Waals surface area contributed by atoms with Crippen molar-refractivity contribution in [2.24, 2.45) is 5.92 Å². The number of aliphatic hydroxyl groups is 1. The van der Waals surface area contributed by atoms with E-state index >= 15 is 0 Å². The molecular weight excluding hydrogens is 298 g/mol. The molecule has 1 aliphatic heterocycles. The topological polar surface area (TPSA) is 83.9 Å². The van der Waals surface area contributed by atoms with Crippen LogP contribution in [0.5, 0.6) is 0 Å². The van der Waals surface area contributed by atoms with Gasteiger partial charge in [-0.2, -0.15) is 0 Å². The minimum absolute atomic E-state index is 0.185. The fourth-order valence-corrected chi connectivity index (χ4v) is 2.70. The van der Waals surface area contributed by atoms with E-state index in [1.807, 2.05) is 30.3 Å². The van der Waals surface area contributed by atoms with Crippen LogP contribution in [0, 0.1) is 5.92 Å². The molecule has 1 saturated heterocycles. The minimum atomic E-state index is -0.996. The number of likely N-dealkylation sites (tertiary alicyclic amines) is 1. The van der Waals surface area contributed by atoms with Crippen molar-refractivity contribution in [2.45, 2.75) is 45.4 Å². The van der Waals surface area contributed by atoms with Crippen LogP contribution in [0.25, 0.3) is 0 Å². The number of amides is 2. The van der Waals surface area contributed by atoms with Gasteiger partial charge >= 0.3 is 5.97 Å². The third kappa shape index (κ3) is 3.96. The lowest BCUT2D eigenvalue weighted by Gasteiger charge is -2.45. The van der Waals surface area contributed by atoms with Gasteiger partial charge in [-0.1, -0.05) is 30.3 Å². The van der Waals surface area contributed by atoms with Gasteiger partial charge in [0.25, 0.3) is 0 Å². The minimum Gasteiger partial charge on any atom is -0.440 e. The van der Waals surface area contributed by atoms with Crippen molar-refractivity contribution < 1.29 is 24.2 Å². The zero-order chi connectivity index (χ0) is 17.0. The van der Waals surface area contributed by atoms with E-state index in [4.69, 9.17) is 4.74 Å². The van der Waals surface area contributed by atoms with Gasteiger partial charge in [-0.15, -0.1) is 0 Å². The third-order valence-electron chi connectivity index (χ3n) is 3.86. The van der Waals surface area contributed by atoms with Crippen LogP contribution in [0.1, 0.15) is 32.3 Å². The second kappa shape index (κ2) is 7.37. The van der Waals surface area contributed by atoms with E-state index in [-0.39, 0.29) is 12.3 Å². The van der Waals surface area contributed by atoms with Crippen LogP contribution in [0.15, 0.2) is 30.3 Å². The molecule has 23 heavy (non-hydrogen) atoms. The Balaban J connectivity index is 1.92. The summed E-state index contributed by atoms with van der Waals surface area (Å²) in [5.74, 6) is -2.32. The Morgan fingerprint density at radius 3 is 2.52 bits per heavy atom. The first-order chi connectivity index (χ1) is 10.9. The van der Waals surface area contributed by atoms with Crippen molar-refractivity contribution in [1.82, 2.24) is 4.90 Å². The highest BCUT2D eigenvalue weighted by molar-refractivity contribution is 6.02. The Kier molecular flexibility index (Phi) is 5.50. The Morgan fingerprint density at radius 2 is 1.96 bits per heavy atom. The molecule has 1 fully saturated rings. The maximum atomic E-state index is 12.2. The van der Waals surface area contributed by atoms with Crippen LogP contribution < -0.4 is 0 Å². The van der Waals surface area contributed by atoms with Crippen molar-refractivity contribution in [2.75, 3.05) is 0 Å². The van der Waals surface area contributed by atoms with Crippen LogP contribution in [0.4, 0.5) is 0 Å². The molecule has 0 spiro atoms. The molecule has 1 aliphatic rings. The van der Waals surface area contributed by atoms with E-state index < -0.39 is 30.1 Å². The fraction of sp³-hybridized carbons (Fsp3) is 0.471. The van der Waals surface area contributed by atoms with Gasteiger partial charge in [-0.05, 0) is 25.3 Å². The molecule has 2 amide bonds. The van der Waals surface area contributed by atoms with Crippen LogP contribution >= 0.6 is 0 Å². The Morgan fingerprint density at radius 1 is 1.30 bits per heavy atom. The molecule has 1 aromatic carbocycles. The van der Waals surface area contributed by atoms with E-state index in [0.717, 1.165) is 16.9 Å². The van der Waals surface area contributed by atoms with Gasteiger partial charge in [0, 0.05) is 13.3 Å². The molecule has 0 unspecified atom stereocenters. The van der Waals surface area contributed by atoms with Gasteiger partial charge in [0.1, 0.15) is 5.92 Å². The van der Waals surface area contributed by atoms with E-state index in [9.17, 15) is 19.5 Å². The molecule has 124 valence electrons. The number of nitrogens with zero attached hydrogens (tertiary/aromatic N) is 1. The summed E-state index contributed by atoms with van der Waals surface area (Å²) in [6.07, 6.45) is -0.458. The number of imide groups is 1. The number of rotatable bonds is 6. The predicted octanol–water partition coefficient (Wildman–Crippen LogP) is 1.26. The van der Waals surface area contributed by atoms with Gasteiger partial charge < -0.3 is 9.84 Å². The summed E-state index contributed by atoms with van der Waals surface area (Å²) in [4.78, 5) is 36.3. The molecule has 0 bridgehead atoms. The molecule has 6 heteroatoms. The molecular formula is C17H21NO5. The van der Waals surface area contributed by atoms with Crippen LogP contribution in [0.2, 0.25) is 0 Å². The first kappa shape index (κ1) is 17.1. The molecule has 1 N–H and O–H groups in total. The summed E-state index contributed by atoms with van der Waals surface area (Å²) in [5, 5.41) is 9.60. The van der Waals surface area contributed by atoms with Gasteiger partial charge in [0.2, 0.25) is 11.8 Å². The number of ether oxygens (including phenoxy) is 1. The summed E-state index contributed by atoms with van der Waals surface area (Å²) in [5.41, 5.74) is 1.12. The average Bonchev–Trinajstić information content (AvgIpc) is 2.47. The summed E-state index contributed by atoms with van der Waals surface area (Å²) in [7, 11) is 0. The monoisotopic (exact) mass is 319 g/mol. The van der Waals surface area contributed by atoms with Crippen molar-refractivity contribution >= 4 is 17.8 Å². The molecule has 3 atom stereocenters. The lowest BCUT2D eigenvalue weighted by Crippen LogP contribution is -2.67. The number of carbonyl (C=O) groups is 3. The molecule has 0 radical (unpaired) electrons. The predicted molar refractivity (Wildman–Crippen MR) is 82.0 cm³/mol. The Labute approximate surface area is 135 Å². The summed E-state index contributed by atoms with van der Waals surface area (Å²) < 4.78 is 5.01. The summed E-state index contributed by atoms with van der Waals surface area (Å²) in [6.45, 7) is 2.65. The largest absolute Gasteiger partial charge is 0.440 e. The number of carbonyl (C=O) groups excluding carboxylic acids is 3. The van der Waals surface area contributed by atoms with E-state index in [2.05, 4.69) is 0 Å². The number of aliphatic hydroxyl groups excluding tert-OH is 1. The number of aryl methyl sites for hydroxylation is 1. The van der Waals surface area contributed by atoms with Gasteiger partial charge in [-0.25, -0.2) is 4.90 Å². The number of hydrogen-bond acceptors (Lipinski definition) is 5. The Hall–Kier alpha value is -2.21. The highest BCUT2D eigenvalue weighted by atomic mass is 16.6. The average molecular weight is 319 g/mol. The molecule has 0 saturated carbocycles. The standard InChI is InChI=1S/C17H21NO5/c1-11(19)15-16(22)18(17(15)23-12(2)20)14(21)10-6-9-13-7-4-3-5-8-13/h3-5,7-8,11,15,17,19H,6,9-10H2,1-2H3/t11-,15+,17-/m1/s1. The van der Waals surface area contributed by atoms with Crippen molar-refractivity contribution in [3.63, 3.8) is 0 Å². The molecule has 0 aromatic heterocycles. The number of esters is 1. The van der Waals surface area contributed by atoms with Crippen molar-refractivity contribution in [3.05, 3.63) is 35.9 Å². The number of hydrogen-bond donors (Lipinski definition) is 1. The summed E-state index contributed by atoms with van der Waals surface area (Å²) >= 11 is 0. The zero-order valence-electron chi connectivity index (χ0n) is 13.3. The van der Waals surface area contributed by atoms with E-state index in [1.165, 1.54) is 13.8 Å². The van der Waals surface area contributed by atoms with Gasteiger partial charge in [-0.3, -0.25) is 14.4 Å². The van der Waals surface area contributed by atoms with E-state index in [1.54, 1.807) is 0 Å². The lowest BCUT2D eigenvalue weighted by molar-refractivity contribution is -0.207. The maximum absolute atomic E-state index is 12.2. The second-order valence-corrected chi connectivity index (χ2v) is 5.71. The summed E-state index contributed by atoms with van der Waals surface area (Å²) in [6, 6.07) is 9.74. The third-order valence-corrected chi connectivity index (χ3v) is 3.86. The lowest BCUT2D eigenvalue weighted by atomic mass is 9.90. The van der Waals surface area contributed by atoms with Crippen LogP contribution in [-0.4, -0.2) is 40.1 Å². The number of β-lactam (4-membered cyclic amide) rings is 1. The van der Waals surface area contributed by atoms with Crippen LogP contribution in [-0.2, 0) is 25.5 Å².